The molecule has 0 saturated carbocycles. The van der Waals surface area contributed by atoms with Gasteiger partial charge in [-0.2, -0.15) is 0 Å². The summed E-state index contributed by atoms with van der Waals surface area (Å²) in [4.78, 5) is 35.1. The molecule has 1 unspecified atom stereocenters. The first-order valence-corrected chi connectivity index (χ1v) is 10.00. The molecule has 8 heteroatoms. The summed E-state index contributed by atoms with van der Waals surface area (Å²) in [5.74, 6) is -0.630. The van der Waals surface area contributed by atoms with Gasteiger partial charge in [0.15, 0.2) is 5.13 Å². The molecule has 1 aliphatic heterocycles. The first kappa shape index (κ1) is 17.8. The van der Waals surface area contributed by atoms with Crippen molar-refractivity contribution in [3.8, 4) is 11.3 Å². The number of aromatic nitrogens is 2. The number of nitrogens with zero attached hydrogens (tertiary/aromatic N) is 3. The molecule has 0 radical (unpaired) electrons. The number of hydrogen-bond acceptors (Lipinski definition) is 5. The summed E-state index contributed by atoms with van der Waals surface area (Å²) in [6, 6.07) is 11.2. The van der Waals surface area contributed by atoms with Crippen LogP contribution in [0.2, 0.25) is 0 Å². The van der Waals surface area contributed by atoms with Gasteiger partial charge in [0.1, 0.15) is 0 Å². The fraction of sp³-hybridized carbons (Fsp3) is 0.158. The Labute approximate surface area is 168 Å². The van der Waals surface area contributed by atoms with Crippen LogP contribution in [0.1, 0.15) is 6.42 Å². The van der Waals surface area contributed by atoms with Crippen molar-refractivity contribution in [3.05, 3.63) is 58.6 Å². The van der Waals surface area contributed by atoms with E-state index in [1.807, 2.05) is 41.8 Å². The molecule has 4 rings (SSSR count). The molecular weight excluding hydrogens is 428 g/mol. The van der Waals surface area contributed by atoms with Crippen molar-refractivity contribution in [1.29, 1.82) is 0 Å². The molecule has 136 valence electrons. The zero-order chi connectivity index (χ0) is 18.8. The maximum atomic E-state index is 12.6. The highest BCUT2D eigenvalue weighted by Crippen LogP contribution is 2.28. The van der Waals surface area contributed by atoms with Crippen LogP contribution < -0.4 is 10.2 Å². The number of amides is 2. The summed E-state index contributed by atoms with van der Waals surface area (Å²) in [6.07, 6.45) is 3.63. The van der Waals surface area contributed by atoms with E-state index in [0.717, 1.165) is 21.4 Å². The van der Waals surface area contributed by atoms with Gasteiger partial charge in [-0.15, -0.1) is 11.3 Å². The van der Waals surface area contributed by atoms with Gasteiger partial charge in [0.05, 0.1) is 11.6 Å². The predicted octanol–water partition coefficient (Wildman–Crippen LogP) is 3.96. The normalized spacial score (nSPS) is 16.6. The second kappa shape index (κ2) is 7.58. The summed E-state index contributed by atoms with van der Waals surface area (Å²) in [7, 11) is 0. The highest BCUT2D eigenvalue weighted by molar-refractivity contribution is 9.10. The van der Waals surface area contributed by atoms with E-state index in [-0.39, 0.29) is 18.2 Å². The second-order valence-corrected chi connectivity index (χ2v) is 7.92. The Morgan fingerprint density at radius 2 is 2.07 bits per heavy atom. The fourth-order valence-electron chi connectivity index (χ4n) is 2.94. The summed E-state index contributed by atoms with van der Waals surface area (Å²) in [6.45, 7) is 0.368. The van der Waals surface area contributed by atoms with E-state index in [4.69, 9.17) is 0 Å². The number of carbonyl (C=O) groups excluding carboxylic acids is 2. The molecule has 3 aromatic rings. The lowest BCUT2D eigenvalue weighted by atomic mass is 10.1. The van der Waals surface area contributed by atoms with Crippen molar-refractivity contribution in [1.82, 2.24) is 9.97 Å². The van der Waals surface area contributed by atoms with Gasteiger partial charge in [0, 0.05) is 46.5 Å². The zero-order valence-electron chi connectivity index (χ0n) is 14.1. The Morgan fingerprint density at radius 3 is 2.81 bits per heavy atom. The van der Waals surface area contributed by atoms with Gasteiger partial charge in [-0.3, -0.25) is 14.6 Å². The number of hydrogen-bond donors (Lipinski definition) is 1. The third kappa shape index (κ3) is 3.91. The smallest absolute Gasteiger partial charge is 0.231 e. The molecule has 1 aliphatic rings. The quantitative estimate of drug-likeness (QED) is 0.663. The van der Waals surface area contributed by atoms with Crippen molar-refractivity contribution in [3.63, 3.8) is 0 Å². The third-order valence-electron chi connectivity index (χ3n) is 4.33. The van der Waals surface area contributed by atoms with Crippen LogP contribution in [-0.2, 0) is 9.59 Å². The van der Waals surface area contributed by atoms with E-state index in [1.165, 1.54) is 11.3 Å². The Bertz CT molecular complexity index is 975. The minimum Gasteiger partial charge on any atom is -0.312 e. The van der Waals surface area contributed by atoms with Crippen LogP contribution in [0.25, 0.3) is 11.3 Å². The largest absolute Gasteiger partial charge is 0.312 e. The lowest BCUT2D eigenvalue weighted by Gasteiger charge is -2.16. The molecule has 3 heterocycles. The third-order valence-corrected chi connectivity index (χ3v) is 5.61. The summed E-state index contributed by atoms with van der Waals surface area (Å²) in [5.41, 5.74) is 2.46. The van der Waals surface area contributed by atoms with E-state index in [0.29, 0.717) is 11.7 Å². The number of thiazole rings is 1. The van der Waals surface area contributed by atoms with Gasteiger partial charge >= 0.3 is 0 Å². The number of anilines is 2. The first-order chi connectivity index (χ1) is 13.1. The Balaban J connectivity index is 1.43. The summed E-state index contributed by atoms with van der Waals surface area (Å²) in [5, 5.41) is 5.23. The van der Waals surface area contributed by atoms with Gasteiger partial charge < -0.3 is 10.2 Å². The number of rotatable bonds is 4. The van der Waals surface area contributed by atoms with Gasteiger partial charge in [-0.25, -0.2) is 4.98 Å². The van der Waals surface area contributed by atoms with E-state index >= 15 is 0 Å². The number of pyridine rings is 1. The lowest BCUT2D eigenvalue weighted by Crippen LogP contribution is -2.28. The average molecular weight is 443 g/mol. The number of halogens is 1. The minimum absolute atomic E-state index is 0.0485. The van der Waals surface area contributed by atoms with Crippen LogP contribution in [0, 0.1) is 5.92 Å². The van der Waals surface area contributed by atoms with E-state index in [9.17, 15) is 9.59 Å². The molecule has 1 saturated heterocycles. The average Bonchev–Trinajstić information content (AvgIpc) is 3.30. The van der Waals surface area contributed by atoms with Crippen molar-refractivity contribution >= 4 is 49.9 Å². The summed E-state index contributed by atoms with van der Waals surface area (Å²) >= 11 is 4.74. The Kier molecular flexibility index (Phi) is 5.00. The predicted molar refractivity (Wildman–Crippen MR) is 109 cm³/mol. The standard InChI is InChI=1S/C19H15BrN4O2S/c20-14-3-5-15(6-4-14)24-10-13(8-17(24)25)18(26)23-19-22-16(11-27-19)12-2-1-7-21-9-12/h1-7,9,11,13H,8,10H2,(H,22,23,26). The van der Waals surface area contributed by atoms with Gasteiger partial charge in [-0.05, 0) is 36.4 Å². The molecule has 6 nitrogen and oxygen atoms in total. The minimum atomic E-state index is -0.396. The monoisotopic (exact) mass is 442 g/mol. The molecule has 1 aromatic carbocycles. The molecule has 27 heavy (non-hydrogen) atoms. The van der Waals surface area contributed by atoms with E-state index in [1.54, 1.807) is 17.3 Å². The second-order valence-electron chi connectivity index (χ2n) is 6.15. The molecule has 1 N–H and O–H groups in total. The van der Waals surface area contributed by atoms with Crippen LogP contribution in [0.4, 0.5) is 10.8 Å². The van der Waals surface area contributed by atoms with E-state index < -0.39 is 5.92 Å². The molecule has 0 aliphatic carbocycles. The van der Waals surface area contributed by atoms with Crippen LogP contribution in [0.15, 0.2) is 58.6 Å². The molecule has 2 aromatic heterocycles. The molecule has 1 atom stereocenters. The fourth-order valence-corrected chi connectivity index (χ4v) is 3.93. The first-order valence-electron chi connectivity index (χ1n) is 8.33. The molecule has 1 fully saturated rings. The maximum absolute atomic E-state index is 12.6. The highest BCUT2D eigenvalue weighted by Gasteiger charge is 2.35. The maximum Gasteiger partial charge on any atom is 0.231 e. The number of benzene rings is 1. The number of carbonyl (C=O) groups is 2. The van der Waals surface area contributed by atoms with Crippen molar-refractivity contribution in [2.24, 2.45) is 5.92 Å². The van der Waals surface area contributed by atoms with Gasteiger partial charge in [-0.1, -0.05) is 15.9 Å². The van der Waals surface area contributed by atoms with Crippen molar-refractivity contribution in [2.45, 2.75) is 6.42 Å². The van der Waals surface area contributed by atoms with Gasteiger partial charge in [0.2, 0.25) is 11.8 Å². The van der Waals surface area contributed by atoms with Gasteiger partial charge in [0.25, 0.3) is 0 Å². The molecule has 2 amide bonds. The Morgan fingerprint density at radius 1 is 1.26 bits per heavy atom. The zero-order valence-corrected chi connectivity index (χ0v) is 16.5. The van der Waals surface area contributed by atoms with Crippen molar-refractivity contribution < 1.29 is 9.59 Å². The van der Waals surface area contributed by atoms with Crippen molar-refractivity contribution in [2.75, 3.05) is 16.8 Å². The van der Waals surface area contributed by atoms with Crippen LogP contribution in [0.5, 0.6) is 0 Å². The number of nitrogens with one attached hydrogen (secondary N) is 1. The highest BCUT2D eigenvalue weighted by atomic mass is 79.9. The summed E-state index contributed by atoms with van der Waals surface area (Å²) < 4.78 is 0.945. The molecule has 0 bridgehead atoms. The SMILES string of the molecule is O=C(Nc1nc(-c2cccnc2)cs1)C1CC(=O)N(c2ccc(Br)cc2)C1. The molecule has 0 spiro atoms. The topological polar surface area (TPSA) is 75.2 Å². The van der Waals surface area contributed by atoms with E-state index in [2.05, 4.69) is 31.2 Å². The van der Waals surface area contributed by atoms with Crippen LogP contribution in [0.3, 0.4) is 0 Å². The lowest BCUT2D eigenvalue weighted by molar-refractivity contribution is -0.122. The van der Waals surface area contributed by atoms with Crippen LogP contribution in [-0.4, -0.2) is 28.3 Å². The molecular formula is C19H15BrN4O2S. The Hall–Kier alpha value is -2.58. The van der Waals surface area contributed by atoms with Crippen LogP contribution >= 0.6 is 27.3 Å².